The highest BCUT2D eigenvalue weighted by molar-refractivity contribution is 5.80. The molecule has 0 atom stereocenters. The van der Waals surface area contributed by atoms with Gasteiger partial charge in [-0.15, -0.1) is 10.2 Å². The van der Waals surface area contributed by atoms with E-state index in [9.17, 15) is 31.1 Å². The van der Waals surface area contributed by atoms with E-state index in [-0.39, 0.29) is 35.5 Å². The number of anilines is 1. The zero-order valence-corrected chi connectivity index (χ0v) is 16.4. The summed E-state index contributed by atoms with van der Waals surface area (Å²) >= 11 is 0. The first kappa shape index (κ1) is 21.7. The topological polar surface area (TPSA) is 64.2 Å². The Morgan fingerprint density at radius 1 is 0.938 bits per heavy atom. The lowest BCUT2D eigenvalue weighted by atomic mass is 10.1. The van der Waals surface area contributed by atoms with Gasteiger partial charge in [0.1, 0.15) is 0 Å². The number of halogens is 6. The van der Waals surface area contributed by atoms with Gasteiger partial charge in [0.2, 0.25) is 5.78 Å². The molecule has 168 valence electrons. The van der Waals surface area contributed by atoms with Crippen LogP contribution in [0.3, 0.4) is 0 Å². The van der Waals surface area contributed by atoms with E-state index in [2.05, 4.69) is 15.5 Å². The second-order valence-electron chi connectivity index (χ2n) is 6.97. The molecule has 0 radical (unpaired) electrons. The monoisotopic (exact) mass is 455 g/mol. The van der Waals surface area contributed by atoms with Crippen molar-refractivity contribution in [3.8, 4) is 0 Å². The minimum absolute atomic E-state index is 0.0606. The maximum absolute atomic E-state index is 13.1. The third-order valence-electron chi connectivity index (χ3n) is 4.93. The van der Waals surface area contributed by atoms with Gasteiger partial charge in [0.15, 0.2) is 5.82 Å². The first-order valence-corrected chi connectivity index (χ1v) is 9.39. The molecule has 4 aromatic rings. The number of hydrogen-bond acceptors (Lipinski definition) is 4. The van der Waals surface area contributed by atoms with Gasteiger partial charge >= 0.3 is 12.4 Å². The number of nitrogens with zero attached hydrogens (tertiary/aromatic N) is 4. The molecule has 0 spiro atoms. The lowest BCUT2D eigenvalue weighted by Gasteiger charge is -2.15. The zero-order valence-electron chi connectivity index (χ0n) is 16.4. The third-order valence-corrected chi connectivity index (χ3v) is 4.93. The van der Waals surface area contributed by atoms with E-state index in [1.807, 2.05) is 0 Å². The summed E-state index contributed by atoms with van der Waals surface area (Å²) in [7, 11) is 0. The molecule has 0 aliphatic rings. The number of fused-ring (bicyclic) bond motifs is 3. The molecule has 2 heterocycles. The lowest BCUT2D eigenvalue weighted by molar-refractivity contribution is -0.143. The standard InChI is InChI=1S/C20H15F6N5O/c1-2-30-17(32)14-5-3-4-6-15(14)31-16(28-29-18(30)31)10-27-13-8-11(19(21,22)23)7-12(9-13)20(24,25)26/h3-9,27H,2,10H2,1H3. The summed E-state index contributed by atoms with van der Waals surface area (Å²) in [6, 6.07) is 7.89. The quantitative estimate of drug-likeness (QED) is 0.453. The van der Waals surface area contributed by atoms with Crippen LogP contribution in [-0.2, 0) is 25.4 Å². The Labute approximate surface area is 176 Å². The Morgan fingerprint density at radius 2 is 1.56 bits per heavy atom. The fraction of sp³-hybridized carbons (Fsp3) is 0.250. The first-order chi connectivity index (χ1) is 15.0. The van der Waals surface area contributed by atoms with Gasteiger partial charge in [-0.2, -0.15) is 26.3 Å². The fourth-order valence-electron chi connectivity index (χ4n) is 3.45. The van der Waals surface area contributed by atoms with Crippen LogP contribution in [0.15, 0.2) is 47.3 Å². The zero-order chi connectivity index (χ0) is 23.3. The van der Waals surface area contributed by atoms with Gasteiger partial charge in [0.25, 0.3) is 5.56 Å². The number of aromatic nitrogens is 4. The minimum Gasteiger partial charge on any atom is -0.378 e. The van der Waals surface area contributed by atoms with Crippen LogP contribution in [0.25, 0.3) is 16.7 Å². The Balaban J connectivity index is 1.79. The number of hydrogen-bond donors (Lipinski definition) is 1. The normalized spacial score (nSPS) is 12.6. The van der Waals surface area contributed by atoms with Crippen molar-refractivity contribution in [3.05, 3.63) is 69.8 Å². The van der Waals surface area contributed by atoms with Crippen LogP contribution in [-0.4, -0.2) is 19.2 Å². The average Bonchev–Trinajstić information content (AvgIpc) is 3.15. The van der Waals surface area contributed by atoms with Crippen LogP contribution in [0.5, 0.6) is 0 Å². The molecule has 6 nitrogen and oxygen atoms in total. The number of benzene rings is 2. The molecule has 0 aliphatic heterocycles. The SMILES string of the molecule is CCn1c(=O)c2ccccc2n2c(CNc3cc(C(F)(F)F)cc(C(F)(F)F)c3)nnc12. The summed E-state index contributed by atoms with van der Waals surface area (Å²) in [5.74, 6) is 0.428. The summed E-state index contributed by atoms with van der Waals surface area (Å²) in [6.45, 7) is 1.80. The molecular formula is C20H15F6N5O. The van der Waals surface area contributed by atoms with Crippen LogP contribution in [0, 0.1) is 0 Å². The molecule has 12 heteroatoms. The molecule has 0 amide bonds. The van der Waals surface area contributed by atoms with Crippen molar-refractivity contribution in [2.24, 2.45) is 0 Å². The van der Waals surface area contributed by atoms with Gasteiger partial charge in [-0.3, -0.25) is 13.8 Å². The molecular weight excluding hydrogens is 440 g/mol. The van der Waals surface area contributed by atoms with Crippen molar-refractivity contribution in [3.63, 3.8) is 0 Å². The van der Waals surface area contributed by atoms with Crippen LogP contribution < -0.4 is 10.9 Å². The van der Waals surface area contributed by atoms with Crippen LogP contribution >= 0.6 is 0 Å². The van der Waals surface area contributed by atoms with Crippen molar-refractivity contribution in [1.29, 1.82) is 0 Å². The second-order valence-corrected chi connectivity index (χ2v) is 6.97. The molecule has 0 unspecified atom stereocenters. The molecule has 32 heavy (non-hydrogen) atoms. The summed E-state index contributed by atoms with van der Waals surface area (Å²) in [6.07, 6.45) is -9.90. The van der Waals surface area contributed by atoms with E-state index < -0.39 is 23.5 Å². The maximum Gasteiger partial charge on any atom is 0.416 e. The van der Waals surface area contributed by atoms with Gasteiger partial charge in [-0.25, -0.2) is 0 Å². The van der Waals surface area contributed by atoms with E-state index in [0.717, 1.165) is 0 Å². The fourth-order valence-corrected chi connectivity index (χ4v) is 3.45. The van der Waals surface area contributed by atoms with Crippen molar-refractivity contribution in [1.82, 2.24) is 19.2 Å². The van der Waals surface area contributed by atoms with Gasteiger partial charge in [0.05, 0.1) is 28.6 Å². The molecule has 0 saturated heterocycles. The first-order valence-electron chi connectivity index (χ1n) is 9.39. The van der Waals surface area contributed by atoms with Gasteiger partial charge in [-0.1, -0.05) is 12.1 Å². The molecule has 0 saturated carbocycles. The van der Waals surface area contributed by atoms with Gasteiger partial charge in [-0.05, 0) is 37.3 Å². The smallest absolute Gasteiger partial charge is 0.378 e. The Hall–Kier alpha value is -3.57. The summed E-state index contributed by atoms with van der Waals surface area (Å²) in [5, 5.41) is 10.9. The number of aryl methyl sites for hydroxylation is 1. The number of alkyl halides is 6. The van der Waals surface area contributed by atoms with Crippen LogP contribution in [0.4, 0.5) is 32.0 Å². The van der Waals surface area contributed by atoms with Crippen molar-refractivity contribution in [2.45, 2.75) is 32.4 Å². The average molecular weight is 455 g/mol. The molecule has 0 bridgehead atoms. The highest BCUT2D eigenvalue weighted by Crippen LogP contribution is 2.37. The summed E-state index contributed by atoms with van der Waals surface area (Å²) in [4.78, 5) is 12.7. The predicted molar refractivity (Wildman–Crippen MR) is 104 cm³/mol. The summed E-state index contributed by atoms with van der Waals surface area (Å²) < 4.78 is 81.5. The number of para-hydroxylation sites is 1. The van der Waals surface area contributed by atoms with E-state index >= 15 is 0 Å². The highest BCUT2D eigenvalue weighted by atomic mass is 19.4. The van der Waals surface area contributed by atoms with E-state index in [0.29, 0.717) is 29.6 Å². The van der Waals surface area contributed by atoms with Crippen LogP contribution in [0.2, 0.25) is 0 Å². The lowest BCUT2D eigenvalue weighted by Crippen LogP contribution is -2.23. The number of nitrogens with one attached hydrogen (secondary N) is 1. The van der Waals surface area contributed by atoms with E-state index in [1.165, 1.54) is 4.57 Å². The van der Waals surface area contributed by atoms with Crippen molar-refractivity contribution >= 4 is 22.4 Å². The van der Waals surface area contributed by atoms with Crippen LogP contribution in [0.1, 0.15) is 23.9 Å². The molecule has 0 aliphatic carbocycles. The largest absolute Gasteiger partial charge is 0.416 e. The van der Waals surface area contributed by atoms with E-state index in [4.69, 9.17) is 0 Å². The van der Waals surface area contributed by atoms with E-state index in [1.54, 1.807) is 35.6 Å². The number of rotatable bonds is 4. The Bertz CT molecular complexity index is 1340. The molecule has 2 aromatic heterocycles. The molecule has 1 N–H and O–H groups in total. The van der Waals surface area contributed by atoms with Crippen molar-refractivity contribution < 1.29 is 26.3 Å². The minimum atomic E-state index is -4.95. The van der Waals surface area contributed by atoms with Gasteiger partial charge < -0.3 is 5.32 Å². The van der Waals surface area contributed by atoms with Gasteiger partial charge in [0, 0.05) is 12.2 Å². The third kappa shape index (κ3) is 3.76. The Kier molecular flexibility index (Phi) is 5.10. The van der Waals surface area contributed by atoms with Crippen molar-refractivity contribution in [2.75, 3.05) is 5.32 Å². The molecule has 2 aromatic carbocycles. The highest BCUT2D eigenvalue weighted by Gasteiger charge is 2.37. The molecule has 0 fully saturated rings. The second kappa shape index (κ2) is 7.53. The maximum atomic E-state index is 13.1. The molecule has 4 rings (SSSR count). The Morgan fingerprint density at radius 3 is 2.16 bits per heavy atom. The predicted octanol–water partition coefficient (Wildman–Crippen LogP) is 4.71. The summed E-state index contributed by atoms with van der Waals surface area (Å²) in [5.41, 5.74) is -3.04.